The van der Waals surface area contributed by atoms with Crippen molar-refractivity contribution in [3.05, 3.63) is 29.6 Å². The molecule has 0 aromatic carbocycles. The Kier molecular flexibility index (Phi) is 3.81. The Labute approximate surface area is 100 Å². The van der Waals surface area contributed by atoms with Crippen molar-refractivity contribution in [1.29, 1.82) is 5.26 Å². The van der Waals surface area contributed by atoms with Gasteiger partial charge < -0.3 is 10.5 Å². The van der Waals surface area contributed by atoms with Gasteiger partial charge in [0.25, 0.3) is 0 Å². The molecule has 1 atom stereocenters. The summed E-state index contributed by atoms with van der Waals surface area (Å²) in [7, 11) is 0. The summed E-state index contributed by atoms with van der Waals surface area (Å²) in [4.78, 5) is 15.5. The molecule has 0 bridgehead atoms. The first-order valence-corrected chi connectivity index (χ1v) is 5.18. The quantitative estimate of drug-likeness (QED) is 0.777. The van der Waals surface area contributed by atoms with Crippen LogP contribution in [0.15, 0.2) is 18.3 Å². The zero-order chi connectivity index (χ0) is 13.1. The lowest BCUT2D eigenvalue weighted by Crippen LogP contribution is -2.31. The van der Waals surface area contributed by atoms with Gasteiger partial charge in [-0.3, -0.25) is 0 Å². The molecule has 0 spiro atoms. The van der Waals surface area contributed by atoms with Crippen molar-refractivity contribution in [2.24, 2.45) is 5.73 Å². The van der Waals surface area contributed by atoms with Gasteiger partial charge in [0.2, 0.25) is 0 Å². The highest BCUT2D eigenvalue weighted by Gasteiger charge is 2.23. The molecule has 17 heavy (non-hydrogen) atoms. The maximum atomic E-state index is 11.7. The molecule has 5 nitrogen and oxygen atoms in total. The lowest BCUT2D eigenvalue weighted by Gasteiger charge is -2.22. The minimum absolute atomic E-state index is 0.283. The van der Waals surface area contributed by atoms with E-state index >= 15 is 0 Å². The van der Waals surface area contributed by atoms with Gasteiger partial charge in [-0.15, -0.1) is 0 Å². The monoisotopic (exact) mass is 233 g/mol. The van der Waals surface area contributed by atoms with E-state index in [1.165, 1.54) is 12.3 Å². The molecule has 0 saturated heterocycles. The number of nitrogens with two attached hydrogens (primary N) is 1. The van der Waals surface area contributed by atoms with E-state index in [0.29, 0.717) is 5.56 Å². The van der Waals surface area contributed by atoms with Gasteiger partial charge in [-0.2, -0.15) is 5.26 Å². The molecule has 0 fully saturated rings. The summed E-state index contributed by atoms with van der Waals surface area (Å²) in [6, 6.07) is 4.12. The first kappa shape index (κ1) is 13.1. The van der Waals surface area contributed by atoms with Gasteiger partial charge in [0.15, 0.2) is 0 Å². The summed E-state index contributed by atoms with van der Waals surface area (Å²) >= 11 is 0. The highest BCUT2D eigenvalue weighted by molar-refractivity contribution is 5.77. The third kappa shape index (κ3) is 3.85. The number of hydrogen-bond acceptors (Lipinski definition) is 5. The summed E-state index contributed by atoms with van der Waals surface area (Å²) in [5, 5.41) is 8.59. The molecule has 1 aromatic rings. The number of nitrogens with zero attached hydrogens (tertiary/aromatic N) is 2. The number of pyridine rings is 1. The van der Waals surface area contributed by atoms with Crippen LogP contribution in [0.4, 0.5) is 0 Å². The van der Waals surface area contributed by atoms with Gasteiger partial charge in [0.1, 0.15) is 23.4 Å². The Balaban J connectivity index is 2.79. The molecule has 0 aliphatic carbocycles. The normalized spacial score (nSPS) is 12.6. The number of carbonyl (C=O) groups is 1. The van der Waals surface area contributed by atoms with Crippen LogP contribution in [-0.2, 0) is 9.53 Å². The van der Waals surface area contributed by atoms with Crippen molar-refractivity contribution in [3.63, 3.8) is 0 Å². The number of esters is 1. The van der Waals surface area contributed by atoms with Gasteiger partial charge >= 0.3 is 5.97 Å². The van der Waals surface area contributed by atoms with Crippen LogP contribution in [0.2, 0.25) is 0 Å². The van der Waals surface area contributed by atoms with Crippen LogP contribution in [0.5, 0.6) is 0 Å². The van der Waals surface area contributed by atoms with Crippen LogP contribution in [0.1, 0.15) is 38.1 Å². The van der Waals surface area contributed by atoms with Crippen LogP contribution in [0.3, 0.4) is 0 Å². The average Bonchev–Trinajstić information content (AvgIpc) is 2.26. The van der Waals surface area contributed by atoms with Crippen molar-refractivity contribution in [3.8, 4) is 6.07 Å². The Morgan fingerprint density at radius 1 is 1.53 bits per heavy atom. The summed E-state index contributed by atoms with van der Waals surface area (Å²) in [5.74, 6) is -0.510. The molecule has 1 unspecified atom stereocenters. The van der Waals surface area contributed by atoms with E-state index in [1.807, 2.05) is 6.07 Å². The third-order valence-corrected chi connectivity index (χ3v) is 1.92. The smallest absolute Gasteiger partial charge is 0.328 e. The lowest BCUT2D eigenvalue weighted by atomic mass is 10.1. The topological polar surface area (TPSA) is 89.0 Å². The van der Waals surface area contributed by atoms with Gasteiger partial charge in [-0.25, -0.2) is 9.78 Å². The van der Waals surface area contributed by atoms with Crippen molar-refractivity contribution < 1.29 is 9.53 Å². The Hall–Kier alpha value is -1.93. The molecule has 1 aromatic heterocycles. The molecular weight excluding hydrogens is 218 g/mol. The van der Waals surface area contributed by atoms with E-state index in [2.05, 4.69) is 4.98 Å². The van der Waals surface area contributed by atoms with E-state index in [-0.39, 0.29) is 5.69 Å². The molecule has 0 aliphatic heterocycles. The zero-order valence-electron chi connectivity index (χ0n) is 10.1. The predicted molar refractivity (Wildman–Crippen MR) is 61.7 cm³/mol. The predicted octanol–water partition coefficient (Wildman–Crippen LogP) is 1.29. The van der Waals surface area contributed by atoms with Gasteiger partial charge in [0.05, 0.1) is 0 Å². The van der Waals surface area contributed by atoms with Gasteiger partial charge in [-0.1, -0.05) is 6.07 Å². The molecule has 1 rings (SSSR count). The third-order valence-electron chi connectivity index (χ3n) is 1.92. The average molecular weight is 233 g/mol. The van der Waals surface area contributed by atoms with Crippen molar-refractivity contribution in [2.45, 2.75) is 32.4 Å². The van der Waals surface area contributed by atoms with E-state index in [0.717, 1.165) is 0 Å². The fraction of sp³-hybridized carbons (Fsp3) is 0.417. The lowest BCUT2D eigenvalue weighted by molar-refractivity contribution is -0.156. The maximum absolute atomic E-state index is 11.7. The molecule has 0 radical (unpaired) electrons. The summed E-state index contributed by atoms with van der Waals surface area (Å²) in [6.45, 7) is 5.32. The second-order valence-electron chi connectivity index (χ2n) is 4.60. The largest absolute Gasteiger partial charge is 0.459 e. The Morgan fingerprint density at radius 3 is 2.59 bits per heavy atom. The van der Waals surface area contributed by atoms with Crippen LogP contribution in [0.25, 0.3) is 0 Å². The number of rotatable bonds is 2. The van der Waals surface area contributed by atoms with Crippen molar-refractivity contribution >= 4 is 5.97 Å². The minimum atomic E-state index is -0.880. The highest BCUT2D eigenvalue weighted by Crippen LogP contribution is 2.15. The van der Waals surface area contributed by atoms with Crippen LogP contribution >= 0.6 is 0 Å². The fourth-order valence-electron chi connectivity index (χ4n) is 1.16. The van der Waals surface area contributed by atoms with E-state index in [4.69, 9.17) is 15.7 Å². The molecular formula is C12H15N3O2. The molecule has 90 valence electrons. The highest BCUT2D eigenvalue weighted by atomic mass is 16.6. The second-order valence-corrected chi connectivity index (χ2v) is 4.60. The number of ether oxygens (including phenoxy) is 1. The van der Waals surface area contributed by atoms with Gasteiger partial charge in [-0.05, 0) is 32.4 Å². The number of aromatic nitrogens is 1. The van der Waals surface area contributed by atoms with Crippen molar-refractivity contribution in [2.75, 3.05) is 0 Å². The van der Waals surface area contributed by atoms with Crippen LogP contribution in [-0.4, -0.2) is 16.6 Å². The molecule has 1 heterocycles. The molecule has 0 amide bonds. The number of hydrogen-bond donors (Lipinski definition) is 1. The molecule has 0 saturated carbocycles. The maximum Gasteiger partial charge on any atom is 0.328 e. The number of carbonyl (C=O) groups excluding carboxylic acids is 1. The summed E-state index contributed by atoms with van der Waals surface area (Å²) < 4.78 is 5.15. The zero-order valence-corrected chi connectivity index (χ0v) is 10.1. The first-order valence-electron chi connectivity index (χ1n) is 5.18. The molecule has 0 aliphatic rings. The van der Waals surface area contributed by atoms with E-state index < -0.39 is 17.6 Å². The Morgan fingerprint density at radius 2 is 2.18 bits per heavy atom. The van der Waals surface area contributed by atoms with Gasteiger partial charge in [0, 0.05) is 6.20 Å². The standard InChI is InChI=1S/C12H15N3O2/c1-12(2,3)17-11(16)10(14)8-4-5-9(6-13)15-7-8/h4-5,7,10H,14H2,1-3H3. The number of nitriles is 1. The second kappa shape index (κ2) is 4.93. The SMILES string of the molecule is CC(C)(C)OC(=O)C(N)c1ccc(C#N)nc1. The summed E-state index contributed by atoms with van der Waals surface area (Å²) in [5.41, 5.74) is 5.97. The Bertz CT molecular complexity index is 440. The van der Waals surface area contributed by atoms with Crippen molar-refractivity contribution in [1.82, 2.24) is 4.98 Å². The molecule has 2 N–H and O–H groups in total. The minimum Gasteiger partial charge on any atom is -0.459 e. The fourth-order valence-corrected chi connectivity index (χ4v) is 1.16. The van der Waals surface area contributed by atoms with E-state index in [1.54, 1.807) is 26.8 Å². The first-order chi connectivity index (χ1) is 7.83. The van der Waals surface area contributed by atoms with Crippen LogP contribution in [0, 0.1) is 11.3 Å². The summed E-state index contributed by atoms with van der Waals surface area (Å²) in [6.07, 6.45) is 1.41. The van der Waals surface area contributed by atoms with E-state index in [9.17, 15) is 4.79 Å². The van der Waals surface area contributed by atoms with Crippen LogP contribution < -0.4 is 5.73 Å². The molecule has 5 heteroatoms.